The van der Waals surface area contributed by atoms with E-state index in [9.17, 15) is 14.4 Å². The number of aromatic nitrogens is 1. The Morgan fingerprint density at radius 2 is 1.74 bits per heavy atom. The minimum atomic E-state index is -0.986. The molecule has 1 aliphatic rings. The molecule has 0 saturated carbocycles. The van der Waals surface area contributed by atoms with Gasteiger partial charge in [-0.15, -0.1) is 0 Å². The summed E-state index contributed by atoms with van der Waals surface area (Å²) in [5.41, 5.74) is 2.85. The van der Waals surface area contributed by atoms with Crippen LogP contribution >= 0.6 is 27.3 Å². The molecule has 1 atom stereocenters. The van der Waals surface area contributed by atoms with Gasteiger partial charge in [0, 0.05) is 0 Å². The number of allylic oxidation sites excluding steroid dienone is 1. The monoisotopic (exact) mass is 706 g/mol. The summed E-state index contributed by atoms with van der Waals surface area (Å²) in [5.74, 6) is 0.0755. The average Bonchev–Trinajstić information content (AvgIpc) is 3.34. The van der Waals surface area contributed by atoms with E-state index in [2.05, 4.69) is 20.9 Å². The Balaban J connectivity index is 1.51. The van der Waals surface area contributed by atoms with E-state index in [1.165, 1.54) is 28.0 Å². The van der Waals surface area contributed by atoms with Gasteiger partial charge in [-0.3, -0.25) is 9.36 Å². The Morgan fingerprint density at radius 1 is 1.00 bits per heavy atom. The highest BCUT2D eigenvalue weighted by molar-refractivity contribution is 9.10. The van der Waals surface area contributed by atoms with E-state index >= 15 is 0 Å². The lowest BCUT2D eigenvalue weighted by molar-refractivity contribution is -0.139. The molecular weight excluding hydrogens is 676 g/mol. The van der Waals surface area contributed by atoms with Crippen molar-refractivity contribution in [3.05, 3.63) is 118 Å². The summed E-state index contributed by atoms with van der Waals surface area (Å²) >= 11 is 4.78. The van der Waals surface area contributed by atoms with Crippen LogP contribution in [0.1, 0.15) is 53.9 Å². The molecule has 1 aromatic heterocycles. The van der Waals surface area contributed by atoms with Crippen LogP contribution in [0, 0.1) is 0 Å². The first-order valence-electron chi connectivity index (χ1n) is 14.4. The van der Waals surface area contributed by atoms with E-state index in [-0.39, 0.29) is 29.9 Å². The molecule has 0 spiro atoms. The van der Waals surface area contributed by atoms with Gasteiger partial charge in [-0.2, -0.15) is 0 Å². The summed E-state index contributed by atoms with van der Waals surface area (Å²) < 4.78 is 25.2. The molecule has 10 nitrogen and oxygen atoms in total. The lowest BCUT2D eigenvalue weighted by Gasteiger charge is -2.25. The minimum Gasteiger partial charge on any atom is -0.493 e. The summed E-state index contributed by atoms with van der Waals surface area (Å²) in [7, 11) is 1.55. The molecule has 0 unspecified atom stereocenters. The smallest absolute Gasteiger partial charge is 0.338 e. The largest absolute Gasteiger partial charge is 0.493 e. The highest BCUT2D eigenvalue weighted by Crippen LogP contribution is 2.36. The number of carboxylic acid groups (broad SMARTS) is 1. The van der Waals surface area contributed by atoms with Gasteiger partial charge in [0.15, 0.2) is 16.3 Å². The van der Waals surface area contributed by atoms with Crippen molar-refractivity contribution < 1.29 is 33.6 Å². The molecule has 238 valence electrons. The van der Waals surface area contributed by atoms with Gasteiger partial charge in [-0.05, 0) is 95.9 Å². The van der Waals surface area contributed by atoms with Crippen molar-refractivity contribution in [2.45, 2.75) is 33.4 Å². The molecule has 0 radical (unpaired) electrons. The van der Waals surface area contributed by atoms with Crippen LogP contribution in [0.2, 0.25) is 0 Å². The molecule has 0 amide bonds. The standard InChI is InChI=1S/C34H31BrN2O8S/c1-5-43-27-17-23(12-14-26(27)42-4)30-29(33(41)44-6-2)19(3)36-34-37(30)31(38)28(46-34)16-21-9-13-25(24(35)15-21)45-18-20-7-10-22(11-8-20)32(39)40/h7-17,30H,5-6,18H2,1-4H3,(H,39,40)/b28-16+/t30-/m0/s1. The molecule has 5 rings (SSSR count). The zero-order valence-corrected chi connectivity index (χ0v) is 27.9. The highest BCUT2D eigenvalue weighted by Gasteiger charge is 2.34. The molecule has 1 N–H and O–H groups in total. The predicted molar refractivity (Wildman–Crippen MR) is 176 cm³/mol. The normalized spacial score (nSPS) is 14.4. The fourth-order valence-corrected chi connectivity index (χ4v) is 6.58. The molecule has 0 bridgehead atoms. The van der Waals surface area contributed by atoms with Crippen LogP contribution in [0.5, 0.6) is 17.2 Å². The molecule has 3 aromatic carbocycles. The fraction of sp³-hybridized carbons (Fsp3) is 0.235. The van der Waals surface area contributed by atoms with Crippen LogP contribution in [0.3, 0.4) is 0 Å². The Hall–Kier alpha value is -4.68. The maximum atomic E-state index is 14.0. The number of carbonyl (C=O) groups is 2. The number of methoxy groups -OCH3 is 1. The van der Waals surface area contributed by atoms with Gasteiger partial charge in [-0.25, -0.2) is 14.6 Å². The summed E-state index contributed by atoms with van der Waals surface area (Å²) in [6, 6.07) is 16.5. The van der Waals surface area contributed by atoms with Gasteiger partial charge in [-0.1, -0.05) is 35.6 Å². The number of fused-ring (bicyclic) bond motifs is 1. The lowest BCUT2D eigenvalue weighted by atomic mass is 9.95. The second kappa shape index (κ2) is 14.2. The molecule has 1 aliphatic heterocycles. The Bertz CT molecular complexity index is 2010. The van der Waals surface area contributed by atoms with Crippen LogP contribution in [0.25, 0.3) is 6.08 Å². The van der Waals surface area contributed by atoms with Gasteiger partial charge in [0.05, 0.1) is 52.2 Å². The third kappa shape index (κ3) is 6.77. The second-order valence-corrected chi connectivity index (χ2v) is 12.0. The van der Waals surface area contributed by atoms with Gasteiger partial charge < -0.3 is 24.1 Å². The summed E-state index contributed by atoms with van der Waals surface area (Å²) in [5, 5.41) is 9.10. The number of ether oxygens (including phenoxy) is 4. The van der Waals surface area contributed by atoms with Crippen LogP contribution in [0.4, 0.5) is 0 Å². The van der Waals surface area contributed by atoms with Crippen molar-refractivity contribution in [2.75, 3.05) is 20.3 Å². The van der Waals surface area contributed by atoms with Crippen molar-refractivity contribution >= 4 is 45.3 Å². The first kappa shape index (κ1) is 32.7. The SMILES string of the molecule is CCOC(=O)C1=C(C)N=c2s/c(=C/c3ccc(OCc4ccc(C(=O)O)cc4)c(Br)c3)c(=O)n2[C@H]1c1ccc(OC)c(OCC)c1. The lowest BCUT2D eigenvalue weighted by Crippen LogP contribution is -2.40. The average molecular weight is 708 g/mol. The molecule has 0 fully saturated rings. The predicted octanol–water partition coefficient (Wildman–Crippen LogP) is 5.25. The number of hydrogen-bond donors (Lipinski definition) is 1. The number of hydrogen-bond acceptors (Lipinski definition) is 9. The number of esters is 1. The molecule has 2 heterocycles. The van der Waals surface area contributed by atoms with Crippen molar-refractivity contribution in [3.8, 4) is 17.2 Å². The third-order valence-corrected chi connectivity index (χ3v) is 8.77. The van der Waals surface area contributed by atoms with Gasteiger partial charge in [0.25, 0.3) is 5.56 Å². The van der Waals surface area contributed by atoms with Crippen molar-refractivity contribution in [1.29, 1.82) is 0 Å². The topological polar surface area (TPSA) is 126 Å². The Morgan fingerprint density at radius 3 is 2.39 bits per heavy atom. The van der Waals surface area contributed by atoms with Crippen molar-refractivity contribution in [1.82, 2.24) is 4.57 Å². The van der Waals surface area contributed by atoms with Gasteiger partial charge >= 0.3 is 11.9 Å². The van der Waals surface area contributed by atoms with Crippen molar-refractivity contribution in [3.63, 3.8) is 0 Å². The molecule has 0 saturated heterocycles. The van der Waals surface area contributed by atoms with E-state index in [0.29, 0.717) is 48.9 Å². The molecular formula is C34H31BrN2O8S. The van der Waals surface area contributed by atoms with Crippen LogP contribution < -0.4 is 29.1 Å². The van der Waals surface area contributed by atoms with Crippen LogP contribution in [0.15, 0.2) is 86.2 Å². The van der Waals surface area contributed by atoms with E-state index < -0.39 is 18.0 Å². The summed E-state index contributed by atoms with van der Waals surface area (Å²) in [4.78, 5) is 43.5. The van der Waals surface area contributed by atoms with E-state index in [4.69, 9.17) is 24.1 Å². The number of benzene rings is 3. The maximum absolute atomic E-state index is 14.0. The third-order valence-electron chi connectivity index (χ3n) is 7.17. The number of rotatable bonds is 11. The highest BCUT2D eigenvalue weighted by atomic mass is 79.9. The van der Waals surface area contributed by atoms with E-state index in [1.807, 2.05) is 19.1 Å². The second-order valence-electron chi connectivity index (χ2n) is 10.1. The zero-order chi connectivity index (χ0) is 33.0. The molecule has 4 aromatic rings. The number of aromatic carboxylic acids is 1. The van der Waals surface area contributed by atoms with Crippen molar-refractivity contribution in [2.24, 2.45) is 4.99 Å². The number of carboxylic acids is 1. The van der Waals surface area contributed by atoms with Gasteiger partial charge in [0.2, 0.25) is 0 Å². The quantitative estimate of drug-likeness (QED) is 0.210. The van der Waals surface area contributed by atoms with Crippen LogP contribution in [-0.2, 0) is 16.1 Å². The van der Waals surface area contributed by atoms with E-state index in [1.54, 1.807) is 63.4 Å². The first-order valence-corrected chi connectivity index (χ1v) is 16.0. The van der Waals surface area contributed by atoms with E-state index in [0.717, 1.165) is 11.1 Å². The number of halogens is 1. The fourth-order valence-electron chi connectivity index (χ4n) is 5.02. The molecule has 0 aliphatic carbocycles. The Labute approximate surface area is 277 Å². The van der Waals surface area contributed by atoms with Gasteiger partial charge in [0.1, 0.15) is 12.4 Å². The number of carbonyl (C=O) groups excluding carboxylic acids is 1. The first-order chi connectivity index (χ1) is 22.1. The molecule has 12 heteroatoms. The maximum Gasteiger partial charge on any atom is 0.338 e. The number of nitrogens with zero attached hydrogens (tertiary/aromatic N) is 2. The summed E-state index contributed by atoms with van der Waals surface area (Å²) in [6.07, 6.45) is 1.77. The summed E-state index contributed by atoms with van der Waals surface area (Å²) in [6.45, 7) is 6.15. The number of thiazole rings is 1. The zero-order valence-electron chi connectivity index (χ0n) is 25.5. The molecule has 46 heavy (non-hydrogen) atoms. The minimum absolute atomic E-state index is 0.172. The Kier molecular flexibility index (Phi) is 10.1. The van der Waals surface area contributed by atoms with Crippen LogP contribution in [-0.4, -0.2) is 41.9 Å².